The van der Waals surface area contributed by atoms with Gasteiger partial charge in [0.15, 0.2) is 0 Å². The standard InChI is InChI=1S/C29H29N3O5S2/c1-21-13-18-27(23(3)19-21)31-38(34,35)25-16-14-24(15-17-25)30-29(33)20-32(28-12-8-7-9-22(28)2)39(36,37)26-10-5-4-6-11-26/h4-19,31H,20H2,1-3H3,(H,30,33). The molecule has 4 aromatic rings. The Hall–Kier alpha value is -4.15. The number of nitrogens with one attached hydrogen (secondary N) is 2. The van der Waals surface area contributed by atoms with Crippen molar-refractivity contribution in [2.75, 3.05) is 20.9 Å². The molecule has 0 heterocycles. The van der Waals surface area contributed by atoms with Crippen LogP contribution in [0.2, 0.25) is 0 Å². The van der Waals surface area contributed by atoms with Crippen molar-refractivity contribution in [3.63, 3.8) is 0 Å². The average molecular weight is 564 g/mol. The van der Waals surface area contributed by atoms with Crippen molar-refractivity contribution in [1.82, 2.24) is 0 Å². The molecule has 39 heavy (non-hydrogen) atoms. The Labute approximate surface area is 229 Å². The highest BCUT2D eigenvalue weighted by atomic mass is 32.2. The highest BCUT2D eigenvalue weighted by molar-refractivity contribution is 7.93. The zero-order valence-electron chi connectivity index (χ0n) is 21.7. The molecule has 0 aromatic heterocycles. The largest absolute Gasteiger partial charge is 0.325 e. The van der Waals surface area contributed by atoms with Gasteiger partial charge in [0.05, 0.1) is 21.2 Å². The second-order valence-electron chi connectivity index (χ2n) is 9.11. The summed E-state index contributed by atoms with van der Waals surface area (Å²) < 4.78 is 56.4. The lowest BCUT2D eigenvalue weighted by Crippen LogP contribution is -2.38. The number of aryl methyl sites for hydroxylation is 3. The van der Waals surface area contributed by atoms with Crippen LogP contribution in [0.3, 0.4) is 0 Å². The maximum atomic E-state index is 13.5. The Balaban J connectivity index is 1.53. The second-order valence-corrected chi connectivity index (χ2v) is 12.7. The molecule has 0 aliphatic rings. The monoisotopic (exact) mass is 563 g/mol. The maximum absolute atomic E-state index is 13.5. The van der Waals surface area contributed by atoms with Gasteiger partial charge < -0.3 is 5.32 Å². The van der Waals surface area contributed by atoms with Crippen LogP contribution < -0.4 is 14.3 Å². The summed E-state index contributed by atoms with van der Waals surface area (Å²) in [5.41, 5.74) is 3.70. The van der Waals surface area contributed by atoms with Gasteiger partial charge in [-0.15, -0.1) is 0 Å². The van der Waals surface area contributed by atoms with E-state index >= 15 is 0 Å². The first-order valence-electron chi connectivity index (χ1n) is 12.1. The zero-order valence-corrected chi connectivity index (χ0v) is 23.4. The molecule has 8 nitrogen and oxygen atoms in total. The van der Waals surface area contributed by atoms with Crippen molar-refractivity contribution in [1.29, 1.82) is 0 Å². The van der Waals surface area contributed by atoms with Crippen LogP contribution in [0.4, 0.5) is 17.1 Å². The number of carbonyl (C=O) groups is 1. The number of sulfonamides is 2. The normalized spacial score (nSPS) is 11.6. The Bertz CT molecular complexity index is 1700. The van der Waals surface area contributed by atoms with Crippen molar-refractivity contribution in [3.05, 3.63) is 114 Å². The first-order valence-corrected chi connectivity index (χ1v) is 15.0. The van der Waals surface area contributed by atoms with Gasteiger partial charge in [-0.2, -0.15) is 0 Å². The molecule has 0 saturated carbocycles. The topological polar surface area (TPSA) is 113 Å². The van der Waals surface area contributed by atoms with Gasteiger partial charge in [0.25, 0.3) is 20.0 Å². The molecule has 0 atom stereocenters. The number of hydrogen-bond donors (Lipinski definition) is 2. The Morgan fingerprint density at radius 3 is 2.00 bits per heavy atom. The summed E-state index contributed by atoms with van der Waals surface area (Å²) in [6.07, 6.45) is 0. The molecule has 0 radical (unpaired) electrons. The first kappa shape index (κ1) is 27.9. The van der Waals surface area contributed by atoms with Crippen molar-refractivity contribution < 1.29 is 21.6 Å². The number of benzene rings is 4. The lowest BCUT2D eigenvalue weighted by atomic mass is 10.1. The molecule has 0 saturated heterocycles. The van der Waals surface area contributed by atoms with Crippen molar-refractivity contribution in [3.8, 4) is 0 Å². The van der Waals surface area contributed by atoms with Crippen molar-refractivity contribution in [2.45, 2.75) is 30.6 Å². The van der Waals surface area contributed by atoms with Gasteiger partial charge in [-0.25, -0.2) is 16.8 Å². The van der Waals surface area contributed by atoms with Gasteiger partial charge in [0.2, 0.25) is 5.91 Å². The number of nitrogens with zero attached hydrogens (tertiary/aromatic N) is 1. The molecule has 1 amide bonds. The molecule has 4 aromatic carbocycles. The molecular weight excluding hydrogens is 534 g/mol. The van der Waals surface area contributed by atoms with Crippen LogP contribution in [0.15, 0.2) is 107 Å². The average Bonchev–Trinajstić information content (AvgIpc) is 2.90. The summed E-state index contributed by atoms with van der Waals surface area (Å²) in [7, 11) is -7.90. The van der Waals surface area contributed by atoms with Gasteiger partial charge in [-0.3, -0.25) is 13.8 Å². The summed E-state index contributed by atoms with van der Waals surface area (Å²) in [4.78, 5) is 13.1. The molecule has 0 bridgehead atoms. The van der Waals surface area contributed by atoms with E-state index in [1.807, 2.05) is 26.0 Å². The summed E-state index contributed by atoms with van der Waals surface area (Å²) in [6, 6.07) is 25.9. The van der Waals surface area contributed by atoms with Crippen LogP contribution >= 0.6 is 0 Å². The molecule has 10 heteroatoms. The fraction of sp³-hybridized carbons (Fsp3) is 0.138. The lowest BCUT2D eigenvalue weighted by molar-refractivity contribution is -0.114. The van der Waals surface area contributed by atoms with E-state index in [1.54, 1.807) is 55.5 Å². The Morgan fingerprint density at radius 2 is 1.36 bits per heavy atom. The first-order chi connectivity index (χ1) is 18.5. The van der Waals surface area contributed by atoms with E-state index in [-0.39, 0.29) is 9.79 Å². The molecule has 202 valence electrons. The highest BCUT2D eigenvalue weighted by Crippen LogP contribution is 2.27. The van der Waals surface area contributed by atoms with E-state index in [0.717, 1.165) is 15.4 Å². The van der Waals surface area contributed by atoms with E-state index in [9.17, 15) is 21.6 Å². The summed E-state index contributed by atoms with van der Waals surface area (Å²) in [5, 5.41) is 2.67. The highest BCUT2D eigenvalue weighted by Gasteiger charge is 2.28. The molecule has 0 aliphatic carbocycles. The molecule has 0 spiro atoms. The number of anilines is 3. The second kappa shape index (κ2) is 11.3. The van der Waals surface area contributed by atoms with E-state index in [0.29, 0.717) is 22.6 Å². The molecule has 0 fully saturated rings. The quantitative estimate of drug-likeness (QED) is 0.289. The Morgan fingerprint density at radius 1 is 0.718 bits per heavy atom. The number of hydrogen-bond acceptors (Lipinski definition) is 5. The van der Waals surface area contributed by atoms with Crippen LogP contribution in [0.25, 0.3) is 0 Å². The fourth-order valence-corrected chi connectivity index (χ4v) is 6.68. The number of para-hydroxylation sites is 1. The SMILES string of the molecule is Cc1ccc(NS(=O)(=O)c2ccc(NC(=O)CN(c3ccccc3C)S(=O)(=O)c3ccccc3)cc2)c(C)c1. The van der Waals surface area contributed by atoms with Gasteiger partial charge in [0.1, 0.15) is 6.54 Å². The third-order valence-electron chi connectivity index (χ3n) is 6.08. The molecular formula is C29H29N3O5S2. The van der Waals surface area contributed by atoms with E-state index in [1.165, 1.54) is 36.4 Å². The molecule has 2 N–H and O–H groups in total. The number of carbonyl (C=O) groups excluding carboxylic acids is 1. The smallest absolute Gasteiger partial charge is 0.264 e. The van der Waals surface area contributed by atoms with Gasteiger partial charge in [-0.1, -0.05) is 54.1 Å². The molecule has 0 aliphatic heterocycles. The number of rotatable bonds is 9. The van der Waals surface area contributed by atoms with Crippen LogP contribution in [-0.2, 0) is 24.8 Å². The van der Waals surface area contributed by atoms with Gasteiger partial charge in [0, 0.05) is 5.69 Å². The predicted octanol–water partition coefficient (Wildman–Crippen LogP) is 5.25. The predicted molar refractivity (Wildman–Crippen MR) is 154 cm³/mol. The van der Waals surface area contributed by atoms with E-state index < -0.39 is 32.5 Å². The maximum Gasteiger partial charge on any atom is 0.264 e. The number of amides is 1. The summed E-state index contributed by atoms with van der Waals surface area (Å²) >= 11 is 0. The minimum absolute atomic E-state index is 0.0219. The third-order valence-corrected chi connectivity index (χ3v) is 9.23. The molecule has 4 rings (SSSR count). The van der Waals surface area contributed by atoms with Crippen molar-refractivity contribution in [2.24, 2.45) is 0 Å². The summed E-state index contributed by atoms with van der Waals surface area (Å²) in [6.45, 7) is 5.04. The minimum Gasteiger partial charge on any atom is -0.325 e. The fourth-order valence-electron chi connectivity index (χ4n) is 4.04. The van der Waals surface area contributed by atoms with Crippen molar-refractivity contribution >= 4 is 43.0 Å². The van der Waals surface area contributed by atoms with Gasteiger partial charge in [-0.05, 0) is 80.4 Å². The van der Waals surface area contributed by atoms with Crippen LogP contribution in [0.1, 0.15) is 16.7 Å². The van der Waals surface area contributed by atoms with Crippen LogP contribution in [0.5, 0.6) is 0 Å². The lowest BCUT2D eigenvalue weighted by Gasteiger charge is -2.25. The Kier molecular flexibility index (Phi) is 8.08. The molecule has 0 unspecified atom stereocenters. The van der Waals surface area contributed by atoms with E-state index in [4.69, 9.17) is 0 Å². The van der Waals surface area contributed by atoms with Gasteiger partial charge >= 0.3 is 0 Å². The third kappa shape index (κ3) is 6.47. The minimum atomic E-state index is -4.04. The van der Waals surface area contributed by atoms with Crippen LogP contribution in [-0.4, -0.2) is 29.3 Å². The van der Waals surface area contributed by atoms with E-state index in [2.05, 4.69) is 10.0 Å². The van der Waals surface area contributed by atoms with Crippen LogP contribution in [0, 0.1) is 20.8 Å². The summed E-state index contributed by atoms with van der Waals surface area (Å²) in [5.74, 6) is -0.582. The zero-order chi connectivity index (χ0) is 28.2.